The third-order valence-electron chi connectivity index (χ3n) is 3.39. The first-order valence-electron chi connectivity index (χ1n) is 6.59. The molecule has 1 unspecified atom stereocenters. The topological polar surface area (TPSA) is 28.2 Å². The third-order valence-corrected chi connectivity index (χ3v) is 3.39. The van der Waals surface area contributed by atoms with Gasteiger partial charge >= 0.3 is 0 Å². The monoisotopic (exact) mass is 255 g/mol. The highest BCUT2D eigenvalue weighted by Gasteiger charge is 2.05. The zero-order chi connectivity index (χ0) is 13.7. The van der Waals surface area contributed by atoms with E-state index in [1.165, 1.54) is 11.3 Å². The first-order chi connectivity index (χ1) is 9.20. The summed E-state index contributed by atoms with van der Waals surface area (Å²) in [6, 6.07) is 15.1. The second-order valence-electron chi connectivity index (χ2n) is 4.78. The molecule has 0 saturated heterocycles. The molecule has 0 aliphatic carbocycles. The number of benzene rings is 1. The van der Waals surface area contributed by atoms with Gasteiger partial charge in [-0.05, 0) is 43.8 Å². The Hall–Kier alpha value is -1.87. The van der Waals surface area contributed by atoms with Crippen LogP contribution in [0, 0.1) is 0 Å². The average molecular weight is 255 g/mol. The molecule has 1 aromatic carbocycles. The van der Waals surface area contributed by atoms with E-state index in [9.17, 15) is 0 Å². The summed E-state index contributed by atoms with van der Waals surface area (Å²) in [5, 5.41) is 3.25. The summed E-state index contributed by atoms with van der Waals surface area (Å²) in [6.07, 6.45) is 1.83. The predicted octanol–water partition coefficient (Wildman–Crippen LogP) is 3.00. The Labute approximate surface area is 115 Å². The second kappa shape index (κ2) is 6.34. The van der Waals surface area contributed by atoms with Crippen LogP contribution in [0.4, 0.5) is 5.69 Å². The molecule has 0 radical (unpaired) electrons. The number of hydrogen-bond donors (Lipinski definition) is 1. The van der Waals surface area contributed by atoms with Crippen LogP contribution in [-0.4, -0.2) is 19.1 Å². The van der Waals surface area contributed by atoms with Gasteiger partial charge in [0.1, 0.15) is 0 Å². The van der Waals surface area contributed by atoms with Crippen molar-refractivity contribution in [1.29, 1.82) is 0 Å². The van der Waals surface area contributed by atoms with Crippen molar-refractivity contribution < 1.29 is 0 Å². The summed E-state index contributed by atoms with van der Waals surface area (Å²) >= 11 is 0. The third kappa shape index (κ3) is 3.55. The van der Waals surface area contributed by atoms with Crippen LogP contribution in [0.1, 0.15) is 24.2 Å². The molecule has 0 aliphatic heterocycles. The molecule has 100 valence electrons. The Morgan fingerprint density at radius 2 is 1.89 bits per heavy atom. The van der Waals surface area contributed by atoms with E-state index in [4.69, 9.17) is 0 Å². The van der Waals surface area contributed by atoms with Gasteiger partial charge in [0.15, 0.2) is 0 Å². The van der Waals surface area contributed by atoms with Gasteiger partial charge in [0.2, 0.25) is 0 Å². The molecule has 3 heteroatoms. The summed E-state index contributed by atoms with van der Waals surface area (Å²) in [5.74, 6) is 0. The number of aromatic nitrogens is 1. The molecule has 0 saturated carbocycles. The Morgan fingerprint density at radius 1 is 1.16 bits per heavy atom. The molecule has 2 rings (SSSR count). The number of hydrogen-bond acceptors (Lipinski definition) is 3. The van der Waals surface area contributed by atoms with Gasteiger partial charge < -0.3 is 10.2 Å². The van der Waals surface area contributed by atoms with Crippen molar-refractivity contribution in [3.8, 4) is 0 Å². The highest BCUT2D eigenvalue weighted by Crippen LogP contribution is 2.19. The van der Waals surface area contributed by atoms with E-state index < -0.39 is 0 Å². The fourth-order valence-corrected chi connectivity index (χ4v) is 2.01. The van der Waals surface area contributed by atoms with E-state index in [-0.39, 0.29) is 0 Å². The van der Waals surface area contributed by atoms with Crippen molar-refractivity contribution in [2.24, 2.45) is 0 Å². The van der Waals surface area contributed by atoms with Crippen molar-refractivity contribution in [2.45, 2.75) is 19.5 Å². The molecular weight excluding hydrogens is 234 g/mol. The largest absolute Gasteiger partial charge is 0.369 e. The molecular formula is C16H21N3. The number of pyridine rings is 1. The van der Waals surface area contributed by atoms with Crippen LogP contribution in [0.15, 0.2) is 48.7 Å². The number of anilines is 1. The molecule has 1 heterocycles. The predicted molar refractivity (Wildman–Crippen MR) is 80.3 cm³/mol. The molecule has 0 aliphatic rings. The van der Waals surface area contributed by atoms with Gasteiger partial charge in [0, 0.05) is 25.0 Å². The van der Waals surface area contributed by atoms with Gasteiger partial charge in [-0.3, -0.25) is 4.98 Å². The zero-order valence-corrected chi connectivity index (χ0v) is 11.8. The van der Waals surface area contributed by atoms with Gasteiger partial charge in [-0.2, -0.15) is 0 Å². The quantitative estimate of drug-likeness (QED) is 0.890. The van der Waals surface area contributed by atoms with Crippen LogP contribution in [0.3, 0.4) is 0 Å². The van der Waals surface area contributed by atoms with Crippen LogP contribution in [0.25, 0.3) is 0 Å². The highest BCUT2D eigenvalue weighted by atomic mass is 15.1. The van der Waals surface area contributed by atoms with Crippen molar-refractivity contribution >= 4 is 5.69 Å². The molecule has 1 atom stereocenters. The van der Waals surface area contributed by atoms with E-state index in [0.29, 0.717) is 6.04 Å². The standard InChI is InChI=1S/C16H21N3/c1-13(17-2)14-7-9-16(10-8-14)19(3)12-15-6-4-5-11-18-15/h4-11,13,17H,12H2,1-3H3. The van der Waals surface area contributed by atoms with Crippen LogP contribution in [0.5, 0.6) is 0 Å². The second-order valence-corrected chi connectivity index (χ2v) is 4.78. The summed E-state index contributed by atoms with van der Waals surface area (Å²) in [4.78, 5) is 6.56. The Kier molecular flexibility index (Phi) is 4.53. The van der Waals surface area contributed by atoms with Gasteiger partial charge in [-0.25, -0.2) is 0 Å². The van der Waals surface area contributed by atoms with E-state index >= 15 is 0 Å². The Morgan fingerprint density at radius 3 is 2.47 bits per heavy atom. The molecule has 1 N–H and O–H groups in total. The lowest BCUT2D eigenvalue weighted by atomic mass is 10.1. The van der Waals surface area contributed by atoms with Crippen LogP contribution in [-0.2, 0) is 6.54 Å². The van der Waals surface area contributed by atoms with E-state index in [1.807, 2.05) is 31.4 Å². The van der Waals surface area contributed by atoms with Crippen LogP contribution >= 0.6 is 0 Å². The van der Waals surface area contributed by atoms with Gasteiger partial charge in [0.05, 0.1) is 12.2 Å². The lowest BCUT2D eigenvalue weighted by Crippen LogP contribution is -2.17. The van der Waals surface area contributed by atoms with E-state index in [2.05, 4.69) is 53.4 Å². The summed E-state index contributed by atoms with van der Waals surface area (Å²) in [7, 11) is 4.07. The van der Waals surface area contributed by atoms with Crippen molar-refractivity contribution in [2.75, 3.05) is 19.0 Å². The summed E-state index contributed by atoms with van der Waals surface area (Å²) in [5.41, 5.74) is 3.59. The van der Waals surface area contributed by atoms with Crippen molar-refractivity contribution in [3.63, 3.8) is 0 Å². The van der Waals surface area contributed by atoms with E-state index in [1.54, 1.807) is 0 Å². The fourth-order valence-electron chi connectivity index (χ4n) is 2.01. The normalized spacial score (nSPS) is 12.2. The maximum absolute atomic E-state index is 4.35. The van der Waals surface area contributed by atoms with Gasteiger partial charge in [0.25, 0.3) is 0 Å². The number of nitrogens with one attached hydrogen (secondary N) is 1. The van der Waals surface area contributed by atoms with Crippen molar-refractivity contribution in [3.05, 3.63) is 59.9 Å². The first-order valence-corrected chi connectivity index (χ1v) is 6.59. The molecule has 2 aromatic rings. The summed E-state index contributed by atoms with van der Waals surface area (Å²) < 4.78 is 0. The number of nitrogens with zero attached hydrogens (tertiary/aromatic N) is 2. The molecule has 0 amide bonds. The van der Waals surface area contributed by atoms with Gasteiger partial charge in [-0.1, -0.05) is 18.2 Å². The maximum atomic E-state index is 4.35. The minimum absolute atomic E-state index is 0.384. The molecule has 3 nitrogen and oxygen atoms in total. The van der Waals surface area contributed by atoms with Crippen molar-refractivity contribution in [1.82, 2.24) is 10.3 Å². The maximum Gasteiger partial charge on any atom is 0.0598 e. The highest BCUT2D eigenvalue weighted by molar-refractivity contribution is 5.47. The Balaban J connectivity index is 2.05. The summed E-state index contributed by atoms with van der Waals surface area (Å²) in [6.45, 7) is 2.98. The zero-order valence-electron chi connectivity index (χ0n) is 11.8. The van der Waals surface area contributed by atoms with E-state index in [0.717, 1.165) is 12.2 Å². The minimum atomic E-state index is 0.384. The Bertz CT molecular complexity index is 493. The fraction of sp³-hybridized carbons (Fsp3) is 0.312. The molecule has 0 spiro atoms. The smallest absolute Gasteiger partial charge is 0.0598 e. The lowest BCUT2D eigenvalue weighted by molar-refractivity contribution is 0.652. The molecule has 0 bridgehead atoms. The number of rotatable bonds is 5. The first kappa shape index (κ1) is 13.6. The lowest BCUT2D eigenvalue weighted by Gasteiger charge is -2.20. The van der Waals surface area contributed by atoms with Gasteiger partial charge in [-0.15, -0.1) is 0 Å². The minimum Gasteiger partial charge on any atom is -0.369 e. The average Bonchev–Trinajstić information content (AvgIpc) is 2.47. The van der Waals surface area contributed by atoms with Crippen LogP contribution < -0.4 is 10.2 Å². The molecule has 1 aromatic heterocycles. The molecule has 19 heavy (non-hydrogen) atoms. The molecule has 0 fully saturated rings. The SMILES string of the molecule is CNC(C)c1ccc(N(C)Cc2ccccn2)cc1. The van der Waals surface area contributed by atoms with Crippen LogP contribution in [0.2, 0.25) is 0 Å².